The summed E-state index contributed by atoms with van der Waals surface area (Å²) in [4.78, 5) is 4.08. The topological polar surface area (TPSA) is 29.9 Å². The van der Waals surface area contributed by atoms with Gasteiger partial charge in [-0.25, -0.2) is 4.98 Å². The largest absolute Gasteiger partial charge is 0.337 e. The molecular formula is C10H17N3. The van der Waals surface area contributed by atoms with Gasteiger partial charge in [-0.15, -0.1) is 0 Å². The number of nitrogens with one attached hydrogen (secondary N) is 1. The molecule has 1 aliphatic carbocycles. The zero-order chi connectivity index (χ0) is 9.47. The summed E-state index contributed by atoms with van der Waals surface area (Å²) < 4.78 is 2.06. The van der Waals surface area contributed by atoms with Gasteiger partial charge in [0.15, 0.2) is 0 Å². The molecule has 0 radical (unpaired) electrons. The lowest BCUT2D eigenvalue weighted by Crippen LogP contribution is -2.21. The van der Waals surface area contributed by atoms with E-state index in [1.54, 1.807) is 0 Å². The zero-order valence-corrected chi connectivity index (χ0v) is 8.54. The number of aryl methyl sites for hydroxylation is 1. The molecule has 1 saturated carbocycles. The van der Waals surface area contributed by atoms with Crippen molar-refractivity contribution in [3.63, 3.8) is 0 Å². The van der Waals surface area contributed by atoms with Crippen molar-refractivity contribution in [2.45, 2.75) is 32.9 Å². The molecule has 1 N–H and O–H groups in total. The monoisotopic (exact) mass is 179 g/mol. The second-order valence-corrected chi connectivity index (χ2v) is 4.62. The van der Waals surface area contributed by atoms with E-state index < -0.39 is 0 Å². The fraction of sp³-hybridized carbons (Fsp3) is 0.700. The maximum absolute atomic E-state index is 4.08. The van der Waals surface area contributed by atoms with Crippen LogP contribution in [0.15, 0.2) is 12.5 Å². The molecule has 0 spiro atoms. The minimum Gasteiger partial charge on any atom is -0.337 e. The summed E-state index contributed by atoms with van der Waals surface area (Å²) in [5, 5.41) is 3.53. The van der Waals surface area contributed by atoms with Gasteiger partial charge < -0.3 is 9.88 Å². The van der Waals surface area contributed by atoms with Crippen LogP contribution in [0.3, 0.4) is 0 Å². The number of imidazole rings is 1. The first-order chi connectivity index (χ1) is 6.09. The van der Waals surface area contributed by atoms with Gasteiger partial charge in [0.05, 0.1) is 12.0 Å². The van der Waals surface area contributed by atoms with Crippen LogP contribution in [-0.2, 0) is 13.6 Å². The third kappa shape index (κ3) is 1.75. The van der Waals surface area contributed by atoms with Crippen LogP contribution in [0, 0.1) is 5.41 Å². The van der Waals surface area contributed by atoms with Crippen molar-refractivity contribution in [2.24, 2.45) is 12.5 Å². The van der Waals surface area contributed by atoms with Gasteiger partial charge in [-0.05, 0) is 11.8 Å². The van der Waals surface area contributed by atoms with E-state index in [4.69, 9.17) is 0 Å². The molecule has 1 aromatic heterocycles. The number of nitrogens with zero attached hydrogens (tertiary/aromatic N) is 2. The van der Waals surface area contributed by atoms with E-state index >= 15 is 0 Å². The third-order valence-electron chi connectivity index (χ3n) is 2.96. The van der Waals surface area contributed by atoms with Gasteiger partial charge in [-0.3, -0.25) is 0 Å². The summed E-state index contributed by atoms with van der Waals surface area (Å²) >= 11 is 0. The van der Waals surface area contributed by atoms with E-state index in [0.29, 0.717) is 11.5 Å². The van der Waals surface area contributed by atoms with Crippen LogP contribution in [0.2, 0.25) is 0 Å². The molecule has 0 amide bonds. The Morgan fingerprint density at radius 3 is 2.85 bits per heavy atom. The fourth-order valence-corrected chi connectivity index (χ4v) is 1.60. The molecule has 3 heteroatoms. The van der Waals surface area contributed by atoms with E-state index in [9.17, 15) is 0 Å². The molecule has 3 nitrogen and oxygen atoms in total. The highest BCUT2D eigenvalue weighted by Gasteiger charge is 2.45. The van der Waals surface area contributed by atoms with Crippen molar-refractivity contribution < 1.29 is 0 Å². The van der Waals surface area contributed by atoms with E-state index in [-0.39, 0.29) is 0 Å². The Hall–Kier alpha value is -0.830. The summed E-state index contributed by atoms with van der Waals surface area (Å²) in [5.74, 6) is 0. The fourth-order valence-electron chi connectivity index (χ4n) is 1.60. The zero-order valence-electron chi connectivity index (χ0n) is 8.54. The van der Waals surface area contributed by atoms with Crippen LogP contribution >= 0.6 is 0 Å². The Labute approximate surface area is 79.2 Å². The molecule has 0 aromatic carbocycles. The molecule has 1 fully saturated rings. The van der Waals surface area contributed by atoms with E-state index in [2.05, 4.69) is 28.7 Å². The van der Waals surface area contributed by atoms with Crippen LogP contribution in [-0.4, -0.2) is 15.6 Å². The molecule has 13 heavy (non-hydrogen) atoms. The van der Waals surface area contributed by atoms with Crippen molar-refractivity contribution in [3.8, 4) is 0 Å². The van der Waals surface area contributed by atoms with Gasteiger partial charge >= 0.3 is 0 Å². The quantitative estimate of drug-likeness (QED) is 0.758. The first-order valence-electron chi connectivity index (χ1n) is 4.78. The SMILES string of the molecule is Cn1cncc1CNC1CC1(C)C. The summed E-state index contributed by atoms with van der Waals surface area (Å²) in [7, 11) is 2.03. The Bertz CT molecular complexity index is 301. The van der Waals surface area contributed by atoms with Gasteiger partial charge in [-0.2, -0.15) is 0 Å². The first kappa shape index (κ1) is 8.75. The van der Waals surface area contributed by atoms with Gasteiger partial charge in [0.1, 0.15) is 0 Å². The van der Waals surface area contributed by atoms with E-state index in [0.717, 1.165) is 6.54 Å². The van der Waals surface area contributed by atoms with Gasteiger partial charge in [-0.1, -0.05) is 13.8 Å². The average molecular weight is 179 g/mol. The average Bonchev–Trinajstić information content (AvgIpc) is 2.47. The van der Waals surface area contributed by atoms with Gasteiger partial charge in [0, 0.05) is 25.8 Å². The van der Waals surface area contributed by atoms with E-state index in [1.165, 1.54) is 12.1 Å². The standard InChI is InChI=1S/C10H17N3/c1-10(2)4-9(10)12-6-8-5-11-7-13(8)3/h5,7,9,12H,4,6H2,1-3H3. The summed E-state index contributed by atoms with van der Waals surface area (Å²) in [6.45, 7) is 5.53. The van der Waals surface area contributed by atoms with Crippen molar-refractivity contribution in [1.29, 1.82) is 0 Å². The highest BCUT2D eigenvalue weighted by atomic mass is 15.1. The number of rotatable bonds is 3. The maximum atomic E-state index is 4.08. The van der Waals surface area contributed by atoms with Crippen LogP contribution in [0.5, 0.6) is 0 Å². The summed E-state index contributed by atoms with van der Waals surface area (Å²) in [6.07, 6.45) is 5.06. The smallest absolute Gasteiger partial charge is 0.0945 e. The Morgan fingerprint density at radius 1 is 1.69 bits per heavy atom. The first-order valence-corrected chi connectivity index (χ1v) is 4.78. The minimum atomic E-state index is 0.512. The second-order valence-electron chi connectivity index (χ2n) is 4.62. The number of hydrogen-bond donors (Lipinski definition) is 1. The molecule has 0 aliphatic heterocycles. The second kappa shape index (κ2) is 2.84. The Balaban J connectivity index is 1.85. The molecule has 1 unspecified atom stereocenters. The lowest BCUT2D eigenvalue weighted by atomic mass is 10.2. The third-order valence-corrected chi connectivity index (χ3v) is 2.96. The van der Waals surface area contributed by atoms with E-state index in [1.807, 2.05) is 19.6 Å². The Morgan fingerprint density at radius 2 is 2.38 bits per heavy atom. The predicted octanol–water partition coefficient (Wildman–Crippen LogP) is 1.31. The van der Waals surface area contributed by atoms with Crippen molar-refractivity contribution >= 4 is 0 Å². The molecule has 1 aliphatic rings. The summed E-state index contributed by atoms with van der Waals surface area (Å²) in [5.41, 5.74) is 1.76. The van der Waals surface area contributed by atoms with Crippen LogP contribution in [0.4, 0.5) is 0 Å². The lowest BCUT2D eigenvalue weighted by molar-refractivity contribution is 0.534. The van der Waals surface area contributed by atoms with Crippen molar-refractivity contribution in [2.75, 3.05) is 0 Å². The number of hydrogen-bond acceptors (Lipinski definition) is 2. The highest BCUT2D eigenvalue weighted by Crippen LogP contribution is 2.44. The molecule has 1 heterocycles. The molecule has 0 bridgehead atoms. The van der Waals surface area contributed by atoms with Gasteiger partial charge in [0.2, 0.25) is 0 Å². The molecule has 72 valence electrons. The normalized spacial score (nSPS) is 24.7. The number of aromatic nitrogens is 2. The molecule has 2 rings (SSSR count). The Kier molecular flexibility index (Phi) is 1.91. The predicted molar refractivity (Wildman–Crippen MR) is 52.2 cm³/mol. The van der Waals surface area contributed by atoms with Crippen LogP contribution in [0.25, 0.3) is 0 Å². The molecule has 1 aromatic rings. The maximum Gasteiger partial charge on any atom is 0.0945 e. The van der Waals surface area contributed by atoms with Crippen LogP contribution in [0.1, 0.15) is 26.0 Å². The van der Waals surface area contributed by atoms with Crippen molar-refractivity contribution in [1.82, 2.24) is 14.9 Å². The summed E-state index contributed by atoms with van der Waals surface area (Å²) in [6, 6.07) is 0.697. The molecule has 1 atom stereocenters. The van der Waals surface area contributed by atoms with Crippen molar-refractivity contribution in [3.05, 3.63) is 18.2 Å². The van der Waals surface area contributed by atoms with Gasteiger partial charge in [0.25, 0.3) is 0 Å². The lowest BCUT2D eigenvalue weighted by Gasteiger charge is -2.06. The van der Waals surface area contributed by atoms with Crippen LogP contribution < -0.4 is 5.32 Å². The minimum absolute atomic E-state index is 0.512. The highest BCUT2D eigenvalue weighted by molar-refractivity contribution is 5.04. The molecular weight excluding hydrogens is 162 g/mol. The molecule has 0 saturated heterocycles.